The van der Waals surface area contributed by atoms with Crippen LogP contribution in [0, 0.1) is 0 Å². The summed E-state index contributed by atoms with van der Waals surface area (Å²) < 4.78 is 1.49. The van der Waals surface area contributed by atoms with Crippen LogP contribution < -0.4 is 0 Å². The van der Waals surface area contributed by atoms with Crippen LogP contribution in [0.1, 0.15) is 18.9 Å². The van der Waals surface area contributed by atoms with E-state index in [4.69, 9.17) is 16.7 Å². The van der Waals surface area contributed by atoms with Gasteiger partial charge < -0.3 is 5.11 Å². The minimum atomic E-state index is -0.924. The fourth-order valence-electron chi connectivity index (χ4n) is 1.04. The van der Waals surface area contributed by atoms with Gasteiger partial charge in [-0.25, -0.2) is 4.79 Å². The smallest absolute Gasteiger partial charge is 0.331 e. The van der Waals surface area contributed by atoms with Gasteiger partial charge in [-0.05, 0) is 12.5 Å². The zero-order valence-electron chi connectivity index (χ0n) is 7.99. The topological polar surface area (TPSA) is 55.1 Å². The summed E-state index contributed by atoms with van der Waals surface area (Å²) in [6.45, 7) is 1.78. The Balaban J connectivity index is 3.06. The molecule has 0 aliphatic carbocycles. The van der Waals surface area contributed by atoms with E-state index in [9.17, 15) is 4.79 Å². The molecule has 1 heterocycles. The molecule has 0 unspecified atom stereocenters. The molecule has 0 amide bonds. The standard InChI is InChI=1S/C9H11ClN2O2/c1-3-6(9(13)14)4-7-5-11-12(2)8(7)10/h4-5H,3H2,1-2H3,(H,13,14)/b6-4+. The van der Waals surface area contributed by atoms with Crippen molar-refractivity contribution in [1.82, 2.24) is 9.78 Å². The van der Waals surface area contributed by atoms with Gasteiger partial charge in [-0.1, -0.05) is 18.5 Å². The average Bonchev–Trinajstić information content (AvgIpc) is 2.44. The maximum atomic E-state index is 10.7. The molecule has 0 bridgehead atoms. The highest BCUT2D eigenvalue weighted by Gasteiger charge is 2.08. The highest BCUT2D eigenvalue weighted by atomic mass is 35.5. The van der Waals surface area contributed by atoms with Crippen molar-refractivity contribution >= 4 is 23.6 Å². The molecule has 1 rings (SSSR count). The molecule has 0 atom stereocenters. The molecule has 4 nitrogen and oxygen atoms in total. The number of aromatic nitrogens is 2. The van der Waals surface area contributed by atoms with Gasteiger partial charge in [0.25, 0.3) is 0 Å². The zero-order valence-corrected chi connectivity index (χ0v) is 8.75. The Morgan fingerprint density at radius 3 is 2.79 bits per heavy atom. The van der Waals surface area contributed by atoms with E-state index < -0.39 is 5.97 Å². The summed E-state index contributed by atoms with van der Waals surface area (Å²) in [5, 5.41) is 13.1. The molecule has 1 N–H and O–H groups in total. The van der Waals surface area contributed by atoms with Gasteiger partial charge in [0.2, 0.25) is 0 Å². The highest BCUT2D eigenvalue weighted by Crippen LogP contribution is 2.18. The number of rotatable bonds is 3. The van der Waals surface area contributed by atoms with Crippen LogP contribution in [0.5, 0.6) is 0 Å². The molecule has 1 aromatic heterocycles. The number of carboxylic acids is 1. The Labute approximate surface area is 86.8 Å². The molecule has 14 heavy (non-hydrogen) atoms. The number of nitrogens with zero attached hydrogens (tertiary/aromatic N) is 2. The first kappa shape index (κ1) is 10.8. The maximum absolute atomic E-state index is 10.7. The van der Waals surface area contributed by atoms with E-state index in [1.807, 2.05) is 0 Å². The molecule has 1 aromatic rings. The van der Waals surface area contributed by atoms with Crippen molar-refractivity contribution in [1.29, 1.82) is 0 Å². The molecule has 0 aliphatic heterocycles. The summed E-state index contributed by atoms with van der Waals surface area (Å²) in [5.41, 5.74) is 0.952. The fourth-order valence-corrected chi connectivity index (χ4v) is 1.19. The SMILES string of the molecule is CC/C(=C\c1cnn(C)c1Cl)C(=O)O. The second-order valence-electron chi connectivity index (χ2n) is 2.84. The van der Waals surface area contributed by atoms with Gasteiger partial charge in [0.05, 0.1) is 6.20 Å². The van der Waals surface area contributed by atoms with Crippen molar-refractivity contribution in [3.63, 3.8) is 0 Å². The predicted molar refractivity (Wildman–Crippen MR) is 54.1 cm³/mol. The Morgan fingerprint density at radius 2 is 2.43 bits per heavy atom. The summed E-state index contributed by atoms with van der Waals surface area (Å²) in [6, 6.07) is 0. The lowest BCUT2D eigenvalue weighted by atomic mass is 10.1. The van der Waals surface area contributed by atoms with Gasteiger partial charge in [-0.3, -0.25) is 4.68 Å². The van der Waals surface area contributed by atoms with Crippen LogP contribution in [-0.4, -0.2) is 20.9 Å². The predicted octanol–water partition coefficient (Wildman–Crippen LogP) is 1.95. The van der Waals surface area contributed by atoms with Crippen molar-refractivity contribution in [2.75, 3.05) is 0 Å². The number of carboxylic acid groups (broad SMARTS) is 1. The van der Waals surface area contributed by atoms with E-state index in [0.29, 0.717) is 22.7 Å². The molecule has 0 radical (unpaired) electrons. The van der Waals surface area contributed by atoms with Crippen LogP contribution in [0.3, 0.4) is 0 Å². The Bertz CT molecular complexity index is 382. The lowest BCUT2D eigenvalue weighted by molar-refractivity contribution is -0.132. The molecule has 0 saturated carbocycles. The monoisotopic (exact) mass is 214 g/mol. The van der Waals surface area contributed by atoms with Gasteiger partial charge in [-0.15, -0.1) is 0 Å². The van der Waals surface area contributed by atoms with Crippen molar-refractivity contribution < 1.29 is 9.90 Å². The third-order valence-electron chi connectivity index (χ3n) is 1.88. The summed E-state index contributed by atoms with van der Waals surface area (Å²) in [6.07, 6.45) is 3.54. The summed E-state index contributed by atoms with van der Waals surface area (Å²) in [5.74, 6) is -0.924. The molecule has 5 heteroatoms. The largest absolute Gasteiger partial charge is 0.478 e. The third kappa shape index (κ3) is 2.14. The Kier molecular flexibility index (Phi) is 3.30. The van der Waals surface area contributed by atoms with Gasteiger partial charge in [0.15, 0.2) is 0 Å². The summed E-state index contributed by atoms with van der Waals surface area (Å²) >= 11 is 5.88. The maximum Gasteiger partial charge on any atom is 0.331 e. The minimum Gasteiger partial charge on any atom is -0.478 e. The Morgan fingerprint density at radius 1 is 1.79 bits per heavy atom. The molecule has 0 fully saturated rings. The number of halogens is 1. The second-order valence-corrected chi connectivity index (χ2v) is 3.20. The van der Waals surface area contributed by atoms with E-state index in [1.165, 1.54) is 10.8 Å². The first-order chi connectivity index (χ1) is 6.56. The molecular weight excluding hydrogens is 204 g/mol. The molecule has 0 aromatic carbocycles. The molecule has 0 spiro atoms. The molecule has 76 valence electrons. The van der Waals surface area contributed by atoms with E-state index in [1.54, 1.807) is 20.2 Å². The average molecular weight is 215 g/mol. The van der Waals surface area contributed by atoms with Crippen molar-refractivity contribution in [2.45, 2.75) is 13.3 Å². The van der Waals surface area contributed by atoms with Crippen LogP contribution in [0.25, 0.3) is 6.08 Å². The van der Waals surface area contributed by atoms with E-state index in [-0.39, 0.29) is 0 Å². The number of carbonyl (C=O) groups is 1. The van der Waals surface area contributed by atoms with Crippen LogP contribution in [0.15, 0.2) is 11.8 Å². The van der Waals surface area contributed by atoms with Crippen molar-refractivity contribution in [2.24, 2.45) is 7.05 Å². The Hall–Kier alpha value is -1.29. The van der Waals surface area contributed by atoms with Crippen LogP contribution in [0.4, 0.5) is 0 Å². The van der Waals surface area contributed by atoms with Gasteiger partial charge >= 0.3 is 5.97 Å². The molecular formula is C9H11ClN2O2. The first-order valence-corrected chi connectivity index (χ1v) is 4.55. The normalized spacial score (nSPS) is 11.8. The van der Waals surface area contributed by atoms with E-state index in [0.717, 1.165) is 0 Å². The van der Waals surface area contributed by atoms with E-state index >= 15 is 0 Å². The summed E-state index contributed by atoms with van der Waals surface area (Å²) in [7, 11) is 1.70. The molecule has 0 aliphatic rings. The lowest BCUT2D eigenvalue weighted by Crippen LogP contribution is -1.98. The van der Waals surface area contributed by atoms with Crippen LogP contribution in [0.2, 0.25) is 5.15 Å². The van der Waals surface area contributed by atoms with E-state index in [2.05, 4.69) is 5.10 Å². The first-order valence-electron chi connectivity index (χ1n) is 4.17. The van der Waals surface area contributed by atoms with Gasteiger partial charge in [-0.2, -0.15) is 5.10 Å². The van der Waals surface area contributed by atoms with Crippen molar-refractivity contribution in [3.05, 3.63) is 22.5 Å². The second kappa shape index (κ2) is 4.28. The number of aliphatic carboxylic acids is 1. The van der Waals surface area contributed by atoms with Gasteiger partial charge in [0, 0.05) is 18.2 Å². The van der Waals surface area contributed by atoms with Crippen LogP contribution >= 0.6 is 11.6 Å². The lowest BCUT2D eigenvalue weighted by Gasteiger charge is -1.96. The van der Waals surface area contributed by atoms with Crippen LogP contribution in [-0.2, 0) is 11.8 Å². The zero-order chi connectivity index (χ0) is 10.7. The van der Waals surface area contributed by atoms with Crippen molar-refractivity contribution in [3.8, 4) is 0 Å². The minimum absolute atomic E-state index is 0.319. The molecule has 0 saturated heterocycles. The quantitative estimate of drug-likeness (QED) is 0.783. The number of hydrogen-bond donors (Lipinski definition) is 1. The fraction of sp³-hybridized carbons (Fsp3) is 0.333. The summed E-state index contributed by atoms with van der Waals surface area (Å²) in [4.78, 5) is 10.7. The van der Waals surface area contributed by atoms with Gasteiger partial charge in [0.1, 0.15) is 5.15 Å². The number of aryl methyl sites for hydroxylation is 1. The number of hydrogen-bond acceptors (Lipinski definition) is 2. The third-order valence-corrected chi connectivity index (χ3v) is 2.34. The highest BCUT2D eigenvalue weighted by molar-refractivity contribution is 6.31.